The molecule has 0 unspecified atom stereocenters. The predicted octanol–water partition coefficient (Wildman–Crippen LogP) is 0.862. The number of hydrogen-bond acceptors (Lipinski definition) is 5. The summed E-state index contributed by atoms with van der Waals surface area (Å²) in [5.74, 6) is -2.29. The van der Waals surface area contributed by atoms with E-state index in [1.807, 2.05) is 0 Å². The molecule has 112 valence electrons. The van der Waals surface area contributed by atoms with Gasteiger partial charge in [-0.05, 0) is 26.0 Å². The van der Waals surface area contributed by atoms with Gasteiger partial charge in [-0.25, -0.2) is 4.79 Å². The molecule has 1 fully saturated rings. The van der Waals surface area contributed by atoms with E-state index in [0.29, 0.717) is 0 Å². The van der Waals surface area contributed by atoms with E-state index in [-0.39, 0.29) is 28.5 Å². The molecule has 4 N–H and O–H groups in total. The third-order valence-electron chi connectivity index (χ3n) is 3.37. The molecule has 2 rings (SSSR count). The lowest BCUT2D eigenvalue weighted by molar-refractivity contribution is -0.135. The number of nitrogens with two attached hydrogens (primary N) is 1. The highest BCUT2D eigenvalue weighted by atomic mass is 35.5. The van der Waals surface area contributed by atoms with Crippen LogP contribution in [0.25, 0.3) is 0 Å². The van der Waals surface area contributed by atoms with Gasteiger partial charge in [-0.1, -0.05) is 11.6 Å². The lowest BCUT2D eigenvalue weighted by Gasteiger charge is -2.42. The molecule has 1 aliphatic heterocycles. The molecule has 0 aliphatic carbocycles. The van der Waals surface area contributed by atoms with Crippen molar-refractivity contribution >= 4 is 40.8 Å². The van der Waals surface area contributed by atoms with E-state index in [4.69, 9.17) is 17.3 Å². The number of halogens is 1. The Bertz CT molecular complexity index is 657. The standard InChI is InChI=1S/C13H14ClN3O4/c1-13(2)12(21)16-9(18)5-17(13)10-7(11(19)20)3-6(15)4-8(10)14/h3-4H,5,15H2,1-2H3,(H,19,20)(H,16,18,21). The number of rotatable bonds is 2. The molecule has 0 radical (unpaired) electrons. The van der Waals surface area contributed by atoms with Crippen molar-refractivity contribution in [2.45, 2.75) is 19.4 Å². The number of carbonyl (C=O) groups is 3. The SMILES string of the molecule is CC1(C)C(=O)NC(=O)CN1c1c(Cl)cc(N)cc1C(=O)O. The van der Waals surface area contributed by atoms with Gasteiger partial charge < -0.3 is 15.7 Å². The minimum Gasteiger partial charge on any atom is -0.478 e. The molecule has 1 aromatic carbocycles. The van der Waals surface area contributed by atoms with Crippen LogP contribution in [0.4, 0.5) is 11.4 Å². The molecule has 1 heterocycles. The molecule has 1 aliphatic rings. The Hall–Kier alpha value is -2.28. The number of nitrogen functional groups attached to an aromatic ring is 1. The quantitative estimate of drug-likeness (QED) is 0.551. The van der Waals surface area contributed by atoms with Crippen molar-refractivity contribution in [3.8, 4) is 0 Å². The zero-order valence-corrected chi connectivity index (χ0v) is 12.2. The van der Waals surface area contributed by atoms with E-state index in [2.05, 4.69) is 5.32 Å². The fourth-order valence-electron chi connectivity index (χ4n) is 2.20. The fraction of sp³-hybridized carbons (Fsp3) is 0.308. The Kier molecular flexibility index (Phi) is 3.54. The average Bonchev–Trinajstić information content (AvgIpc) is 2.34. The predicted molar refractivity (Wildman–Crippen MR) is 77.4 cm³/mol. The molecule has 0 spiro atoms. The van der Waals surface area contributed by atoms with Gasteiger partial charge in [-0.15, -0.1) is 0 Å². The number of imide groups is 1. The van der Waals surface area contributed by atoms with Crippen molar-refractivity contribution < 1.29 is 19.5 Å². The van der Waals surface area contributed by atoms with Crippen molar-refractivity contribution in [2.75, 3.05) is 17.2 Å². The monoisotopic (exact) mass is 311 g/mol. The molecule has 0 atom stereocenters. The maximum atomic E-state index is 12.0. The minimum atomic E-state index is -1.24. The number of anilines is 2. The number of carboxylic acids is 1. The Morgan fingerprint density at radius 3 is 2.62 bits per heavy atom. The third-order valence-corrected chi connectivity index (χ3v) is 3.66. The average molecular weight is 312 g/mol. The van der Waals surface area contributed by atoms with Gasteiger partial charge in [0.2, 0.25) is 5.91 Å². The summed E-state index contributed by atoms with van der Waals surface area (Å²) >= 11 is 6.11. The number of piperazine rings is 1. The number of carbonyl (C=O) groups excluding carboxylic acids is 2. The number of nitrogens with one attached hydrogen (secondary N) is 1. The molecule has 8 heteroatoms. The van der Waals surface area contributed by atoms with Crippen LogP contribution < -0.4 is 16.0 Å². The highest BCUT2D eigenvalue weighted by Crippen LogP contribution is 2.37. The van der Waals surface area contributed by atoms with E-state index in [9.17, 15) is 19.5 Å². The van der Waals surface area contributed by atoms with Gasteiger partial charge in [0, 0.05) is 5.69 Å². The number of hydrogen-bond donors (Lipinski definition) is 3. The van der Waals surface area contributed by atoms with Crippen molar-refractivity contribution in [1.29, 1.82) is 0 Å². The van der Waals surface area contributed by atoms with Gasteiger partial charge in [0.05, 0.1) is 22.8 Å². The lowest BCUT2D eigenvalue weighted by atomic mass is 9.96. The molecule has 2 amide bonds. The first kappa shape index (κ1) is 15.1. The van der Waals surface area contributed by atoms with Crippen LogP contribution in [0.5, 0.6) is 0 Å². The van der Waals surface area contributed by atoms with Gasteiger partial charge in [0.15, 0.2) is 0 Å². The summed E-state index contributed by atoms with van der Waals surface area (Å²) in [7, 11) is 0. The topological polar surface area (TPSA) is 113 Å². The molecule has 0 aromatic heterocycles. The summed E-state index contributed by atoms with van der Waals surface area (Å²) < 4.78 is 0. The van der Waals surface area contributed by atoms with Crippen LogP contribution in [0.15, 0.2) is 12.1 Å². The van der Waals surface area contributed by atoms with E-state index in [1.165, 1.54) is 17.0 Å². The summed E-state index contributed by atoms with van der Waals surface area (Å²) in [6.07, 6.45) is 0. The molecule has 7 nitrogen and oxygen atoms in total. The summed E-state index contributed by atoms with van der Waals surface area (Å²) in [6, 6.07) is 2.63. The first-order chi connectivity index (χ1) is 9.64. The Morgan fingerprint density at radius 1 is 1.43 bits per heavy atom. The zero-order chi connectivity index (χ0) is 15.9. The smallest absolute Gasteiger partial charge is 0.337 e. The molecule has 21 heavy (non-hydrogen) atoms. The number of amides is 2. The Labute approximate surface area is 125 Å². The van der Waals surface area contributed by atoms with Crippen LogP contribution >= 0.6 is 11.6 Å². The maximum absolute atomic E-state index is 12.0. The second-order valence-corrected chi connectivity index (χ2v) is 5.63. The molecule has 1 saturated heterocycles. The minimum absolute atomic E-state index is 0.0722. The van der Waals surface area contributed by atoms with Crippen LogP contribution in [0, 0.1) is 0 Å². The summed E-state index contributed by atoms with van der Waals surface area (Å²) in [5.41, 5.74) is 4.61. The largest absolute Gasteiger partial charge is 0.478 e. The van der Waals surface area contributed by atoms with Gasteiger partial charge in [-0.3, -0.25) is 14.9 Å². The second-order valence-electron chi connectivity index (χ2n) is 5.23. The van der Waals surface area contributed by atoms with Gasteiger partial charge >= 0.3 is 5.97 Å². The highest BCUT2D eigenvalue weighted by molar-refractivity contribution is 6.34. The van der Waals surface area contributed by atoms with Crippen molar-refractivity contribution in [1.82, 2.24) is 5.32 Å². The van der Waals surface area contributed by atoms with Crippen LogP contribution in [0.1, 0.15) is 24.2 Å². The molecular formula is C13H14ClN3O4. The van der Waals surface area contributed by atoms with E-state index in [1.54, 1.807) is 13.8 Å². The molecule has 0 bridgehead atoms. The van der Waals surface area contributed by atoms with Gasteiger partial charge in [-0.2, -0.15) is 0 Å². The first-order valence-corrected chi connectivity index (χ1v) is 6.46. The van der Waals surface area contributed by atoms with E-state index < -0.39 is 23.3 Å². The number of benzene rings is 1. The Balaban J connectivity index is 2.67. The highest BCUT2D eigenvalue weighted by Gasteiger charge is 2.43. The summed E-state index contributed by atoms with van der Waals surface area (Å²) in [4.78, 5) is 36.4. The van der Waals surface area contributed by atoms with Crippen molar-refractivity contribution in [3.05, 3.63) is 22.7 Å². The van der Waals surface area contributed by atoms with Crippen molar-refractivity contribution in [3.63, 3.8) is 0 Å². The summed E-state index contributed by atoms with van der Waals surface area (Å²) in [5, 5.41) is 11.6. The first-order valence-electron chi connectivity index (χ1n) is 6.09. The van der Waals surface area contributed by atoms with Crippen LogP contribution in [-0.2, 0) is 9.59 Å². The normalized spacial score (nSPS) is 17.6. The fourth-order valence-corrected chi connectivity index (χ4v) is 2.53. The number of carboxylic acid groups (broad SMARTS) is 1. The lowest BCUT2D eigenvalue weighted by Crippen LogP contribution is -2.64. The number of aromatic carboxylic acids is 1. The Morgan fingerprint density at radius 2 is 2.05 bits per heavy atom. The summed E-state index contributed by atoms with van der Waals surface area (Å²) in [6.45, 7) is 2.98. The van der Waals surface area contributed by atoms with Crippen LogP contribution in [-0.4, -0.2) is 35.0 Å². The zero-order valence-electron chi connectivity index (χ0n) is 11.4. The van der Waals surface area contributed by atoms with E-state index >= 15 is 0 Å². The second kappa shape index (κ2) is 4.92. The molecular weight excluding hydrogens is 298 g/mol. The van der Waals surface area contributed by atoms with Crippen molar-refractivity contribution in [2.24, 2.45) is 0 Å². The van der Waals surface area contributed by atoms with Gasteiger partial charge in [0.25, 0.3) is 5.91 Å². The number of nitrogens with zero attached hydrogens (tertiary/aromatic N) is 1. The van der Waals surface area contributed by atoms with Crippen LogP contribution in [0.2, 0.25) is 5.02 Å². The molecule has 0 saturated carbocycles. The third kappa shape index (κ3) is 2.52. The van der Waals surface area contributed by atoms with E-state index in [0.717, 1.165) is 0 Å². The molecule has 1 aromatic rings. The van der Waals surface area contributed by atoms with Gasteiger partial charge in [0.1, 0.15) is 5.54 Å². The van der Waals surface area contributed by atoms with Crippen LogP contribution in [0.3, 0.4) is 0 Å². The maximum Gasteiger partial charge on any atom is 0.337 e.